The van der Waals surface area contributed by atoms with Gasteiger partial charge in [-0.05, 0) is 6.07 Å². The number of ketones is 1. The molecule has 1 N–H and O–H groups in total. The van der Waals surface area contributed by atoms with E-state index in [2.05, 4.69) is 10.1 Å². The Balaban J connectivity index is 2.44. The highest BCUT2D eigenvalue weighted by Gasteiger charge is 2.16. The molecule has 0 saturated carbocycles. The molecule has 0 aliphatic rings. The van der Waals surface area contributed by atoms with Crippen LogP contribution in [0.25, 0.3) is 5.65 Å². The van der Waals surface area contributed by atoms with Gasteiger partial charge in [0.2, 0.25) is 0 Å². The maximum absolute atomic E-state index is 11.5. The Hall–Kier alpha value is -2.24. The Bertz CT molecular complexity index is 532. The molecule has 0 atom stereocenters. The minimum atomic E-state index is -1.16. The summed E-state index contributed by atoms with van der Waals surface area (Å²) in [4.78, 5) is 25.8. The van der Waals surface area contributed by atoms with Gasteiger partial charge in [0.05, 0.1) is 11.8 Å². The Morgan fingerprint density at radius 1 is 1.47 bits per heavy atom. The van der Waals surface area contributed by atoms with Crippen molar-refractivity contribution in [1.82, 2.24) is 14.6 Å². The number of Topliss-reactive ketones (excluding diaryl/α,β-unsaturated/α-hetero) is 1. The van der Waals surface area contributed by atoms with Crippen LogP contribution < -0.4 is 0 Å². The molecular formula is C9H7N3O3. The van der Waals surface area contributed by atoms with Gasteiger partial charge < -0.3 is 5.11 Å². The molecule has 2 rings (SSSR count). The number of carboxylic acid groups (broad SMARTS) is 1. The number of rotatable bonds is 3. The molecule has 0 bridgehead atoms. The molecule has 0 unspecified atom stereocenters. The van der Waals surface area contributed by atoms with Gasteiger partial charge in [-0.15, -0.1) is 0 Å². The summed E-state index contributed by atoms with van der Waals surface area (Å²) in [5.41, 5.74) is 0.613. The third-order valence-corrected chi connectivity index (χ3v) is 1.89. The quantitative estimate of drug-likeness (QED) is 0.578. The summed E-state index contributed by atoms with van der Waals surface area (Å²) in [5.74, 6) is -1.65. The lowest BCUT2D eigenvalue weighted by molar-refractivity contribution is -0.135. The largest absolute Gasteiger partial charge is 0.481 e. The molecule has 2 aromatic rings. The fourth-order valence-electron chi connectivity index (χ4n) is 1.26. The van der Waals surface area contributed by atoms with Gasteiger partial charge in [0.15, 0.2) is 11.4 Å². The first-order valence-corrected chi connectivity index (χ1v) is 4.22. The van der Waals surface area contributed by atoms with Crippen molar-refractivity contribution in [2.45, 2.75) is 6.42 Å². The summed E-state index contributed by atoms with van der Waals surface area (Å²) in [6, 6.07) is 1.67. The predicted octanol–water partition coefficient (Wildman–Crippen LogP) is 0.387. The van der Waals surface area contributed by atoms with E-state index >= 15 is 0 Å². The standard InChI is InChI=1S/C9H7N3O3/c13-7(4-8(14)15)6-5-11-12-3-1-2-10-9(6)12/h1-3,5H,4H2,(H,14,15). The van der Waals surface area contributed by atoms with E-state index in [0.29, 0.717) is 5.65 Å². The molecular weight excluding hydrogens is 198 g/mol. The maximum atomic E-state index is 11.5. The molecule has 6 nitrogen and oxygen atoms in total. The lowest BCUT2D eigenvalue weighted by Gasteiger charge is -1.94. The Labute approximate surface area is 84.2 Å². The molecule has 2 heterocycles. The number of aliphatic carboxylic acids is 1. The normalized spacial score (nSPS) is 10.4. The van der Waals surface area contributed by atoms with Gasteiger partial charge >= 0.3 is 5.97 Å². The number of fused-ring (bicyclic) bond motifs is 1. The van der Waals surface area contributed by atoms with Crippen molar-refractivity contribution in [2.24, 2.45) is 0 Å². The summed E-state index contributed by atoms with van der Waals surface area (Å²) < 4.78 is 1.43. The van der Waals surface area contributed by atoms with Gasteiger partial charge in [-0.3, -0.25) is 9.59 Å². The Morgan fingerprint density at radius 3 is 3.00 bits per heavy atom. The average Bonchev–Trinajstić information content (AvgIpc) is 2.59. The number of nitrogens with zero attached hydrogens (tertiary/aromatic N) is 3. The SMILES string of the molecule is O=C(O)CC(=O)c1cnn2cccnc12. The van der Waals surface area contributed by atoms with Gasteiger partial charge in [0.25, 0.3) is 0 Å². The van der Waals surface area contributed by atoms with Crippen molar-refractivity contribution in [1.29, 1.82) is 0 Å². The molecule has 0 amide bonds. The van der Waals surface area contributed by atoms with Gasteiger partial charge in [-0.25, -0.2) is 9.50 Å². The summed E-state index contributed by atoms with van der Waals surface area (Å²) in [5, 5.41) is 12.4. The van der Waals surface area contributed by atoms with Crippen LogP contribution in [0.4, 0.5) is 0 Å². The zero-order valence-electron chi connectivity index (χ0n) is 7.62. The van der Waals surface area contributed by atoms with Gasteiger partial charge in [0.1, 0.15) is 6.42 Å². The summed E-state index contributed by atoms with van der Waals surface area (Å²) in [6.07, 6.45) is 3.94. The Morgan fingerprint density at radius 2 is 2.27 bits per heavy atom. The van der Waals surface area contributed by atoms with Crippen molar-refractivity contribution in [2.75, 3.05) is 0 Å². The number of hydrogen-bond donors (Lipinski definition) is 1. The minimum absolute atomic E-state index is 0.234. The van der Waals surface area contributed by atoms with Crippen LogP contribution in [0.1, 0.15) is 16.8 Å². The van der Waals surface area contributed by atoms with Crippen LogP contribution >= 0.6 is 0 Å². The zero-order valence-corrected chi connectivity index (χ0v) is 7.62. The second-order valence-corrected chi connectivity index (χ2v) is 2.94. The molecule has 6 heteroatoms. The molecule has 2 aromatic heterocycles. The van der Waals surface area contributed by atoms with Crippen LogP contribution in [0.2, 0.25) is 0 Å². The first-order valence-electron chi connectivity index (χ1n) is 4.22. The van der Waals surface area contributed by atoms with Crippen molar-refractivity contribution >= 4 is 17.4 Å². The lowest BCUT2D eigenvalue weighted by Crippen LogP contribution is -2.07. The van der Waals surface area contributed by atoms with Crippen LogP contribution in [0, 0.1) is 0 Å². The molecule has 0 radical (unpaired) electrons. The third kappa shape index (κ3) is 1.69. The van der Waals surface area contributed by atoms with Crippen molar-refractivity contribution in [3.8, 4) is 0 Å². The first kappa shape index (κ1) is 9.32. The smallest absolute Gasteiger partial charge is 0.311 e. The van der Waals surface area contributed by atoms with E-state index in [1.807, 2.05) is 0 Å². The number of aromatic nitrogens is 3. The van der Waals surface area contributed by atoms with Crippen molar-refractivity contribution in [3.63, 3.8) is 0 Å². The fourth-order valence-corrected chi connectivity index (χ4v) is 1.26. The van der Waals surface area contributed by atoms with E-state index in [1.54, 1.807) is 12.3 Å². The van der Waals surface area contributed by atoms with Crippen molar-refractivity contribution < 1.29 is 14.7 Å². The van der Waals surface area contributed by atoms with E-state index in [0.717, 1.165) is 0 Å². The van der Waals surface area contributed by atoms with E-state index < -0.39 is 18.2 Å². The maximum Gasteiger partial charge on any atom is 0.311 e. The molecule has 0 spiro atoms. The lowest BCUT2D eigenvalue weighted by atomic mass is 10.1. The molecule has 76 valence electrons. The highest BCUT2D eigenvalue weighted by molar-refractivity contribution is 6.08. The topological polar surface area (TPSA) is 84.6 Å². The number of carboxylic acids is 1. The van der Waals surface area contributed by atoms with Crippen LogP contribution in [0.5, 0.6) is 0 Å². The van der Waals surface area contributed by atoms with Crippen molar-refractivity contribution in [3.05, 3.63) is 30.2 Å². The number of carbonyl (C=O) groups excluding carboxylic acids is 1. The molecule has 15 heavy (non-hydrogen) atoms. The first-order chi connectivity index (χ1) is 7.18. The number of carbonyl (C=O) groups is 2. The summed E-state index contributed by atoms with van der Waals surface area (Å²) >= 11 is 0. The van der Waals surface area contributed by atoms with Gasteiger partial charge in [0, 0.05) is 12.4 Å². The average molecular weight is 205 g/mol. The molecule has 0 aliphatic carbocycles. The second kappa shape index (κ2) is 3.49. The van der Waals surface area contributed by atoms with E-state index in [1.165, 1.54) is 16.9 Å². The fraction of sp³-hybridized carbons (Fsp3) is 0.111. The van der Waals surface area contributed by atoms with E-state index in [9.17, 15) is 9.59 Å². The highest BCUT2D eigenvalue weighted by Crippen LogP contribution is 2.09. The molecule has 0 saturated heterocycles. The van der Waals surface area contributed by atoms with Crippen LogP contribution in [0.15, 0.2) is 24.7 Å². The van der Waals surface area contributed by atoms with E-state index in [4.69, 9.17) is 5.11 Å². The molecule has 0 aromatic carbocycles. The Kier molecular flexibility index (Phi) is 2.17. The second-order valence-electron chi connectivity index (χ2n) is 2.94. The summed E-state index contributed by atoms with van der Waals surface area (Å²) in [7, 11) is 0. The van der Waals surface area contributed by atoms with Crippen LogP contribution in [-0.4, -0.2) is 31.5 Å². The monoisotopic (exact) mass is 205 g/mol. The van der Waals surface area contributed by atoms with E-state index in [-0.39, 0.29) is 5.56 Å². The third-order valence-electron chi connectivity index (χ3n) is 1.89. The predicted molar refractivity (Wildman–Crippen MR) is 49.6 cm³/mol. The van der Waals surface area contributed by atoms with Crippen LogP contribution in [0.3, 0.4) is 0 Å². The highest BCUT2D eigenvalue weighted by atomic mass is 16.4. The molecule has 0 fully saturated rings. The van der Waals surface area contributed by atoms with Crippen LogP contribution in [-0.2, 0) is 4.79 Å². The molecule has 0 aliphatic heterocycles. The summed E-state index contributed by atoms with van der Waals surface area (Å²) in [6.45, 7) is 0. The minimum Gasteiger partial charge on any atom is -0.481 e. The van der Waals surface area contributed by atoms with Gasteiger partial charge in [-0.2, -0.15) is 5.10 Å². The van der Waals surface area contributed by atoms with Gasteiger partial charge in [-0.1, -0.05) is 0 Å². The zero-order chi connectivity index (χ0) is 10.8. The number of hydrogen-bond acceptors (Lipinski definition) is 4.